The molecule has 4 aromatic carbocycles. The zero-order valence-corrected chi connectivity index (χ0v) is 24.9. The zero-order valence-electron chi connectivity index (χ0n) is 24.9. The van der Waals surface area contributed by atoms with Gasteiger partial charge in [0, 0.05) is 46.3 Å². The lowest BCUT2D eigenvalue weighted by atomic mass is 10.0. The van der Waals surface area contributed by atoms with Gasteiger partial charge in [-0.2, -0.15) is 18.3 Å². The van der Waals surface area contributed by atoms with Crippen LogP contribution in [0.25, 0.3) is 33.1 Å². The number of nitrogens with zero attached hydrogens (tertiary/aromatic N) is 3. The normalized spacial score (nSPS) is 12.2. The number of carbonyl (C=O) groups excluding carboxylic acids is 1. The van der Waals surface area contributed by atoms with Gasteiger partial charge in [-0.15, -0.1) is 0 Å². The van der Waals surface area contributed by atoms with Gasteiger partial charge in [-0.1, -0.05) is 24.3 Å². The smallest absolute Gasteiger partial charge is 0.418 e. The summed E-state index contributed by atoms with van der Waals surface area (Å²) in [5, 5.41) is 4.55. The molecule has 6 nitrogen and oxygen atoms in total. The first-order valence-corrected chi connectivity index (χ1v) is 14.1. The summed E-state index contributed by atoms with van der Waals surface area (Å²) in [6.07, 6.45) is -4.07. The van der Waals surface area contributed by atoms with Crippen LogP contribution >= 0.6 is 0 Å². The molecule has 0 saturated carbocycles. The Bertz CT molecular complexity index is 2160. The SMILES string of the molecule is CC(C)(C)OC(=O)n1ccc2cc(Oc3cccc(-c4c5cccc(C(F)(F)F)c5nn4Cc4c(F)cc(F)cc4F)c3)c(F)cc21. The van der Waals surface area contributed by atoms with Crippen LogP contribution in [0.2, 0.25) is 0 Å². The van der Waals surface area contributed by atoms with Crippen molar-refractivity contribution in [1.82, 2.24) is 14.3 Å². The van der Waals surface area contributed by atoms with Crippen molar-refractivity contribution in [2.24, 2.45) is 0 Å². The Morgan fingerprint density at radius 1 is 0.851 bits per heavy atom. The maximum Gasteiger partial charge on any atom is 0.418 e. The van der Waals surface area contributed by atoms with Crippen molar-refractivity contribution in [3.8, 4) is 22.8 Å². The largest absolute Gasteiger partial charge is 0.454 e. The van der Waals surface area contributed by atoms with Crippen LogP contribution < -0.4 is 4.74 Å². The molecule has 0 radical (unpaired) electrons. The Hall–Kier alpha value is -5.33. The van der Waals surface area contributed by atoms with Crippen LogP contribution in [-0.4, -0.2) is 26.0 Å². The number of ether oxygens (including phenoxy) is 2. The molecule has 0 N–H and O–H groups in total. The van der Waals surface area contributed by atoms with Crippen molar-refractivity contribution in [3.05, 3.63) is 113 Å². The molecule has 0 bridgehead atoms. The average molecular weight is 656 g/mol. The van der Waals surface area contributed by atoms with Gasteiger partial charge in [0.1, 0.15) is 34.3 Å². The fourth-order valence-corrected chi connectivity index (χ4v) is 5.19. The van der Waals surface area contributed by atoms with Gasteiger partial charge in [0.15, 0.2) is 11.6 Å². The van der Waals surface area contributed by atoms with Crippen molar-refractivity contribution in [1.29, 1.82) is 0 Å². The number of aromatic nitrogens is 3. The minimum absolute atomic E-state index is 0.0102. The van der Waals surface area contributed by atoms with Crippen LogP contribution in [0.3, 0.4) is 0 Å². The van der Waals surface area contributed by atoms with E-state index < -0.39 is 64.3 Å². The summed E-state index contributed by atoms with van der Waals surface area (Å²) in [5.74, 6) is -4.62. The maximum atomic E-state index is 15.3. The van der Waals surface area contributed by atoms with E-state index in [9.17, 15) is 31.1 Å². The summed E-state index contributed by atoms with van der Waals surface area (Å²) < 4.78 is 113. The lowest BCUT2D eigenvalue weighted by molar-refractivity contribution is -0.136. The predicted molar refractivity (Wildman–Crippen MR) is 159 cm³/mol. The Morgan fingerprint density at radius 3 is 2.23 bits per heavy atom. The second kappa shape index (κ2) is 11.5. The molecule has 13 heteroatoms. The molecule has 47 heavy (non-hydrogen) atoms. The standard InChI is InChI=1S/C34H24F7N3O3/c1-33(2,3)47-32(45)43-11-10-18-13-29(27(38)16-28(18)43)46-21-7-4-6-19(12-21)31-22-8-5-9-24(34(39,40)41)30(22)42-44(31)17-23-25(36)14-20(35)15-26(23)37/h4-16H,17H2,1-3H3. The molecule has 0 aliphatic heterocycles. The minimum Gasteiger partial charge on any atom is -0.454 e. The van der Waals surface area contributed by atoms with Gasteiger partial charge in [0.05, 0.1) is 23.3 Å². The molecule has 0 saturated heterocycles. The van der Waals surface area contributed by atoms with Gasteiger partial charge in [-0.25, -0.2) is 22.4 Å². The number of alkyl halides is 3. The Morgan fingerprint density at radius 2 is 1.55 bits per heavy atom. The molecule has 0 aliphatic carbocycles. The van der Waals surface area contributed by atoms with E-state index in [4.69, 9.17) is 9.47 Å². The molecule has 0 unspecified atom stereocenters. The van der Waals surface area contributed by atoms with E-state index in [0.717, 1.165) is 21.4 Å². The topological polar surface area (TPSA) is 58.3 Å². The number of hydrogen-bond donors (Lipinski definition) is 0. The number of halogens is 7. The van der Waals surface area contributed by atoms with Crippen LogP contribution in [0, 0.1) is 23.3 Å². The summed E-state index contributed by atoms with van der Waals surface area (Å²) in [7, 11) is 0. The number of rotatable bonds is 5. The van der Waals surface area contributed by atoms with Crippen LogP contribution in [0.5, 0.6) is 11.5 Å². The Balaban J connectivity index is 1.42. The van der Waals surface area contributed by atoms with E-state index in [0.29, 0.717) is 17.5 Å². The quantitative estimate of drug-likeness (QED) is 0.174. The molecule has 2 heterocycles. The van der Waals surface area contributed by atoms with E-state index in [1.54, 1.807) is 26.8 Å². The highest BCUT2D eigenvalue weighted by Gasteiger charge is 2.35. The third-order valence-electron chi connectivity index (χ3n) is 7.16. The first kappa shape index (κ1) is 31.6. The lowest BCUT2D eigenvalue weighted by Crippen LogP contribution is -2.26. The van der Waals surface area contributed by atoms with Crippen LogP contribution in [0.4, 0.5) is 35.5 Å². The van der Waals surface area contributed by atoms with Gasteiger partial charge in [-0.3, -0.25) is 9.25 Å². The number of benzene rings is 4. The number of hydrogen-bond acceptors (Lipinski definition) is 4. The van der Waals surface area contributed by atoms with Crippen molar-refractivity contribution < 1.29 is 45.0 Å². The van der Waals surface area contributed by atoms with Crippen LogP contribution in [0.15, 0.2) is 79.0 Å². The number of carbonyl (C=O) groups is 1. The molecule has 0 atom stereocenters. The highest BCUT2D eigenvalue weighted by atomic mass is 19.4. The molecule has 0 spiro atoms. The fourth-order valence-electron chi connectivity index (χ4n) is 5.19. The first-order valence-electron chi connectivity index (χ1n) is 14.1. The second-order valence-corrected chi connectivity index (χ2v) is 11.7. The molecule has 0 aliphatic rings. The van der Waals surface area contributed by atoms with Crippen LogP contribution in [0.1, 0.15) is 31.9 Å². The van der Waals surface area contributed by atoms with Crippen LogP contribution in [-0.2, 0) is 17.5 Å². The van der Waals surface area contributed by atoms with E-state index in [2.05, 4.69) is 5.10 Å². The molecular formula is C34H24F7N3O3. The molecule has 0 fully saturated rings. The number of fused-ring (bicyclic) bond motifs is 2. The molecule has 0 amide bonds. The van der Waals surface area contributed by atoms with Gasteiger partial charge in [-0.05, 0) is 51.1 Å². The van der Waals surface area contributed by atoms with Crippen molar-refractivity contribution in [3.63, 3.8) is 0 Å². The summed E-state index contributed by atoms with van der Waals surface area (Å²) >= 11 is 0. The Labute approximate surface area is 262 Å². The summed E-state index contributed by atoms with van der Waals surface area (Å²) in [5.41, 5.74) is -2.44. The molecular weight excluding hydrogens is 631 g/mol. The third kappa shape index (κ3) is 6.25. The van der Waals surface area contributed by atoms with Gasteiger partial charge >= 0.3 is 12.3 Å². The average Bonchev–Trinajstić information content (AvgIpc) is 3.54. The minimum atomic E-state index is -4.80. The van der Waals surface area contributed by atoms with E-state index in [-0.39, 0.29) is 33.7 Å². The van der Waals surface area contributed by atoms with Crippen molar-refractivity contribution in [2.75, 3.05) is 0 Å². The summed E-state index contributed by atoms with van der Waals surface area (Å²) in [6, 6.07) is 14.2. The van der Waals surface area contributed by atoms with Crippen molar-refractivity contribution in [2.45, 2.75) is 39.1 Å². The molecule has 6 rings (SSSR count). The van der Waals surface area contributed by atoms with E-state index in [1.165, 1.54) is 48.7 Å². The van der Waals surface area contributed by atoms with Crippen molar-refractivity contribution >= 4 is 27.9 Å². The predicted octanol–water partition coefficient (Wildman–Crippen LogP) is 9.86. The van der Waals surface area contributed by atoms with E-state index >= 15 is 4.39 Å². The zero-order chi connectivity index (χ0) is 33.8. The van der Waals surface area contributed by atoms with Gasteiger partial charge < -0.3 is 9.47 Å². The molecule has 2 aromatic heterocycles. The third-order valence-corrected chi connectivity index (χ3v) is 7.16. The highest BCUT2D eigenvalue weighted by Crippen LogP contribution is 2.40. The van der Waals surface area contributed by atoms with Gasteiger partial charge in [0.25, 0.3) is 0 Å². The maximum absolute atomic E-state index is 15.3. The molecule has 6 aromatic rings. The monoisotopic (exact) mass is 655 g/mol. The Kier molecular flexibility index (Phi) is 7.73. The second-order valence-electron chi connectivity index (χ2n) is 11.7. The lowest BCUT2D eigenvalue weighted by Gasteiger charge is -2.19. The molecule has 242 valence electrons. The fraction of sp³-hybridized carbons (Fsp3) is 0.176. The summed E-state index contributed by atoms with van der Waals surface area (Å²) in [6.45, 7) is 4.41. The first-order chi connectivity index (χ1) is 22.1. The summed E-state index contributed by atoms with van der Waals surface area (Å²) in [4.78, 5) is 12.6. The van der Waals surface area contributed by atoms with E-state index in [1.807, 2.05) is 0 Å². The highest BCUT2D eigenvalue weighted by molar-refractivity contribution is 5.95. The van der Waals surface area contributed by atoms with Gasteiger partial charge in [0.2, 0.25) is 0 Å².